The highest BCUT2D eigenvalue weighted by atomic mass is 35.5. The van der Waals surface area contributed by atoms with Crippen molar-refractivity contribution >= 4 is 23.2 Å². The minimum absolute atomic E-state index is 0.599. The van der Waals surface area contributed by atoms with Crippen molar-refractivity contribution in [3.05, 3.63) is 45.5 Å². The van der Waals surface area contributed by atoms with Crippen LogP contribution in [0.5, 0.6) is 0 Å². The zero-order valence-corrected chi connectivity index (χ0v) is 14.4. The Bertz CT molecular complexity index is 666. The van der Waals surface area contributed by atoms with Gasteiger partial charge in [-0.25, -0.2) is 0 Å². The quantitative estimate of drug-likeness (QED) is 0.850. The van der Waals surface area contributed by atoms with Gasteiger partial charge in [0.2, 0.25) is 0 Å². The molecule has 0 saturated carbocycles. The molecule has 0 aliphatic carbocycles. The van der Waals surface area contributed by atoms with Crippen molar-refractivity contribution in [2.75, 3.05) is 6.54 Å². The Balaban J connectivity index is 1.69. The Labute approximate surface area is 141 Å². The van der Waals surface area contributed by atoms with Crippen molar-refractivity contribution < 1.29 is 0 Å². The molecule has 0 unspecified atom stereocenters. The number of rotatable bonds is 4. The highest BCUT2D eigenvalue weighted by Crippen LogP contribution is 2.24. The van der Waals surface area contributed by atoms with Crippen LogP contribution < -0.4 is 0 Å². The Morgan fingerprint density at radius 1 is 1.14 bits per heavy atom. The van der Waals surface area contributed by atoms with Crippen molar-refractivity contribution in [2.45, 2.75) is 39.9 Å². The molecule has 0 atom stereocenters. The lowest BCUT2D eigenvalue weighted by Crippen LogP contribution is -2.34. The molecule has 2 aromatic rings. The standard InChI is InChI=1S/C16H20Cl2N4/c1-11(2)7-15-19-20-16-10-21(5-6-22(15)16)9-12-3-4-13(17)14(18)8-12/h3-4,8,11H,5-7,9-10H2,1-2H3. The molecule has 2 heterocycles. The molecule has 22 heavy (non-hydrogen) atoms. The van der Waals surface area contributed by atoms with E-state index in [1.165, 1.54) is 5.56 Å². The van der Waals surface area contributed by atoms with Crippen LogP contribution in [0, 0.1) is 5.92 Å². The average molecular weight is 339 g/mol. The summed E-state index contributed by atoms with van der Waals surface area (Å²) in [6.45, 7) is 8.04. The van der Waals surface area contributed by atoms with Gasteiger partial charge in [-0.15, -0.1) is 10.2 Å². The highest BCUT2D eigenvalue weighted by molar-refractivity contribution is 6.42. The first-order valence-electron chi connectivity index (χ1n) is 7.60. The Hall–Kier alpha value is -1.10. The summed E-state index contributed by atoms with van der Waals surface area (Å²) in [5.41, 5.74) is 1.17. The Morgan fingerprint density at radius 2 is 1.95 bits per heavy atom. The highest BCUT2D eigenvalue weighted by Gasteiger charge is 2.21. The van der Waals surface area contributed by atoms with Gasteiger partial charge in [0, 0.05) is 26.1 Å². The van der Waals surface area contributed by atoms with Crippen LogP contribution in [0.1, 0.15) is 31.1 Å². The largest absolute Gasteiger partial charge is 0.313 e. The van der Waals surface area contributed by atoms with E-state index in [1.54, 1.807) is 0 Å². The van der Waals surface area contributed by atoms with Gasteiger partial charge in [-0.05, 0) is 23.6 Å². The second kappa shape index (κ2) is 6.57. The first-order valence-corrected chi connectivity index (χ1v) is 8.35. The number of fused-ring (bicyclic) bond motifs is 1. The predicted molar refractivity (Wildman–Crippen MR) is 89.1 cm³/mol. The van der Waals surface area contributed by atoms with Crippen LogP contribution >= 0.6 is 23.2 Å². The third-order valence-electron chi connectivity index (χ3n) is 3.89. The summed E-state index contributed by atoms with van der Waals surface area (Å²) in [5, 5.41) is 9.92. The van der Waals surface area contributed by atoms with E-state index in [1.807, 2.05) is 18.2 Å². The number of hydrogen-bond donors (Lipinski definition) is 0. The molecule has 118 valence electrons. The van der Waals surface area contributed by atoms with Gasteiger partial charge in [0.05, 0.1) is 16.6 Å². The monoisotopic (exact) mass is 338 g/mol. The zero-order valence-electron chi connectivity index (χ0n) is 12.9. The fourth-order valence-corrected chi connectivity index (χ4v) is 3.14. The van der Waals surface area contributed by atoms with Crippen LogP contribution in [-0.4, -0.2) is 26.2 Å². The third-order valence-corrected chi connectivity index (χ3v) is 4.63. The molecule has 0 radical (unpaired) electrons. The molecule has 0 amide bonds. The maximum atomic E-state index is 6.09. The molecular weight excluding hydrogens is 319 g/mol. The summed E-state index contributed by atoms with van der Waals surface area (Å²) in [6, 6.07) is 5.82. The number of hydrogen-bond acceptors (Lipinski definition) is 3. The second-order valence-corrected chi connectivity index (χ2v) is 7.06. The number of benzene rings is 1. The van der Waals surface area contributed by atoms with Crippen LogP contribution in [0.4, 0.5) is 0 Å². The molecule has 1 aliphatic heterocycles. The summed E-state index contributed by atoms with van der Waals surface area (Å²) in [4.78, 5) is 2.36. The smallest absolute Gasteiger partial charge is 0.147 e. The lowest BCUT2D eigenvalue weighted by Gasteiger charge is -2.28. The van der Waals surface area contributed by atoms with Gasteiger partial charge in [0.15, 0.2) is 0 Å². The molecule has 0 spiro atoms. The van der Waals surface area contributed by atoms with E-state index in [0.717, 1.165) is 44.2 Å². The van der Waals surface area contributed by atoms with Gasteiger partial charge in [-0.1, -0.05) is 43.1 Å². The van der Waals surface area contributed by atoms with Gasteiger partial charge >= 0.3 is 0 Å². The molecule has 1 aliphatic rings. The summed E-state index contributed by atoms with van der Waals surface area (Å²) in [5.74, 6) is 2.77. The molecule has 6 heteroatoms. The van der Waals surface area contributed by atoms with Crippen LogP contribution in [0.3, 0.4) is 0 Å². The molecule has 4 nitrogen and oxygen atoms in total. The lowest BCUT2D eigenvalue weighted by molar-refractivity contribution is 0.207. The molecule has 0 N–H and O–H groups in total. The van der Waals surface area contributed by atoms with E-state index < -0.39 is 0 Å². The average Bonchev–Trinajstić information content (AvgIpc) is 2.85. The zero-order chi connectivity index (χ0) is 15.7. The third kappa shape index (κ3) is 3.45. The predicted octanol–water partition coefficient (Wildman–Crippen LogP) is 3.80. The van der Waals surface area contributed by atoms with Crippen molar-refractivity contribution in [3.63, 3.8) is 0 Å². The normalized spacial score (nSPS) is 15.3. The van der Waals surface area contributed by atoms with E-state index in [9.17, 15) is 0 Å². The first-order chi connectivity index (χ1) is 10.5. The molecule has 3 rings (SSSR count). The Kier molecular flexibility index (Phi) is 4.71. The maximum Gasteiger partial charge on any atom is 0.147 e. The van der Waals surface area contributed by atoms with E-state index in [4.69, 9.17) is 23.2 Å². The molecule has 0 saturated heterocycles. The van der Waals surface area contributed by atoms with Gasteiger partial charge in [-0.3, -0.25) is 4.90 Å². The summed E-state index contributed by atoms with van der Waals surface area (Å²) in [6.07, 6.45) is 0.986. The Morgan fingerprint density at radius 3 is 2.68 bits per heavy atom. The van der Waals surface area contributed by atoms with Gasteiger partial charge in [0.1, 0.15) is 11.6 Å². The molecule has 0 fully saturated rings. The van der Waals surface area contributed by atoms with Crippen LogP contribution in [0.25, 0.3) is 0 Å². The van der Waals surface area contributed by atoms with E-state index in [2.05, 4.69) is 33.5 Å². The van der Waals surface area contributed by atoms with Crippen LogP contribution in [0.2, 0.25) is 10.0 Å². The lowest BCUT2D eigenvalue weighted by atomic mass is 10.1. The maximum absolute atomic E-state index is 6.09. The van der Waals surface area contributed by atoms with Crippen molar-refractivity contribution in [2.24, 2.45) is 5.92 Å². The van der Waals surface area contributed by atoms with Crippen molar-refractivity contribution in [1.82, 2.24) is 19.7 Å². The van der Waals surface area contributed by atoms with E-state index >= 15 is 0 Å². The van der Waals surface area contributed by atoms with Gasteiger partial charge in [0.25, 0.3) is 0 Å². The molecular formula is C16H20Cl2N4. The summed E-state index contributed by atoms with van der Waals surface area (Å²) < 4.78 is 2.27. The minimum Gasteiger partial charge on any atom is -0.313 e. The van der Waals surface area contributed by atoms with Crippen LogP contribution in [-0.2, 0) is 26.1 Å². The van der Waals surface area contributed by atoms with Gasteiger partial charge < -0.3 is 4.57 Å². The number of halogens is 2. The van der Waals surface area contributed by atoms with E-state index in [-0.39, 0.29) is 0 Å². The van der Waals surface area contributed by atoms with Gasteiger partial charge in [-0.2, -0.15) is 0 Å². The summed E-state index contributed by atoms with van der Waals surface area (Å²) >= 11 is 12.1. The molecule has 1 aromatic carbocycles. The minimum atomic E-state index is 0.599. The number of aromatic nitrogens is 3. The number of nitrogens with zero attached hydrogens (tertiary/aromatic N) is 4. The summed E-state index contributed by atoms with van der Waals surface area (Å²) in [7, 11) is 0. The fourth-order valence-electron chi connectivity index (χ4n) is 2.82. The first kappa shape index (κ1) is 15.8. The fraction of sp³-hybridized carbons (Fsp3) is 0.500. The van der Waals surface area contributed by atoms with Crippen LogP contribution in [0.15, 0.2) is 18.2 Å². The van der Waals surface area contributed by atoms with Crippen molar-refractivity contribution in [3.8, 4) is 0 Å². The second-order valence-electron chi connectivity index (χ2n) is 6.24. The van der Waals surface area contributed by atoms with E-state index in [0.29, 0.717) is 16.0 Å². The molecule has 0 bridgehead atoms. The SMILES string of the molecule is CC(C)Cc1nnc2n1CCN(Cc1ccc(Cl)c(Cl)c1)C2. The van der Waals surface area contributed by atoms with Crippen molar-refractivity contribution in [1.29, 1.82) is 0 Å². The molecule has 1 aromatic heterocycles. The topological polar surface area (TPSA) is 34.0 Å².